The highest BCUT2D eigenvalue weighted by atomic mass is 16.2. The number of rotatable bonds is 4. The van der Waals surface area contributed by atoms with Gasteiger partial charge in [-0.05, 0) is 65.1 Å². The highest BCUT2D eigenvalue weighted by Gasteiger charge is 2.28. The number of hydrogen-bond donors (Lipinski definition) is 1. The first kappa shape index (κ1) is 15.8. The van der Waals surface area contributed by atoms with Gasteiger partial charge in [-0.3, -0.25) is 4.79 Å². The summed E-state index contributed by atoms with van der Waals surface area (Å²) in [6.07, 6.45) is 6.53. The van der Waals surface area contributed by atoms with Gasteiger partial charge in [0.25, 0.3) is 0 Å². The molecule has 0 aliphatic carbocycles. The second-order valence-electron chi connectivity index (χ2n) is 6.74. The van der Waals surface area contributed by atoms with Gasteiger partial charge < -0.3 is 15.1 Å². The lowest BCUT2D eigenvalue weighted by Gasteiger charge is -2.39. The van der Waals surface area contributed by atoms with Crippen LogP contribution in [-0.4, -0.2) is 61.5 Å². The van der Waals surface area contributed by atoms with Crippen LogP contribution in [0.1, 0.15) is 45.4 Å². The lowest BCUT2D eigenvalue weighted by molar-refractivity contribution is -0.133. The summed E-state index contributed by atoms with van der Waals surface area (Å²) in [4.78, 5) is 16.8. The fraction of sp³-hybridized carbons (Fsp3) is 0.938. The van der Waals surface area contributed by atoms with Crippen LogP contribution in [0.15, 0.2) is 0 Å². The van der Waals surface area contributed by atoms with Gasteiger partial charge in [-0.1, -0.05) is 0 Å². The summed E-state index contributed by atoms with van der Waals surface area (Å²) in [5, 5.41) is 3.39. The van der Waals surface area contributed by atoms with E-state index in [4.69, 9.17) is 0 Å². The van der Waals surface area contributed by atoms with Gasteiger partial charge in [0, 0.05) is 32.1 Å². The number of hydrogen-bond acceptors (Lipinski definition) is 3. The van der Waals surface area contributed by atoms with Gasteiger partial charge in [0.2, 0.25) is 5.91 Å². The molecule has 0 unspecified atom stereocenters. The van der Waals surface area contributed by atoms with Gasteiger partial charge >= 0.3 is 0 Å². The number of carbonyl (C=O) groups is 1. The average molecular weight is 281 g/mol. The van der Waals surface area contributed by atoms with Gasteiger partial charge in [-0.2, -0.15) is 0 Å². The summed E-state index contributed by atoms with van der Waals surface area (Å²) in [6.45, 7) is 5.62. The fourth-order valence-electron chi connectivity index (χ4n) is 3.49. The first-order valence-corrected chi connectivity index (χ1v) is 8.24. The molecule has 1 N–H and O–H groups in total. The molecule has 2 aliphatic rings. The van der Waals surface area contributed by atoms with Gasteiger partial charge in [0.1, 0.15) is 0 Å². The van der Waals surface area contributed by atoms with E-state index in [-0.39, 0.29) is 0 Å². The highest BCUT2D eigenvalue weighted by molar-refractivity contribution is 5.76. The van der Waals surface area contributed by atoms with Crippen molar-refractivity contribution in [2.24, 2.45) is 5.92 Å². The van der Waals surface area contributed by atoms with Gasteiger partial charge in [-0.15, -0.1) is 0 Å². The van der Waals surface area contributed by atoms with E-state index in [0.717, 1.165) is 51.2 Å². The van der Waals surface area contributed by atoms with E-state index >= 15 is 0 Å². The van der Waals surface area contributed by atoms with Crippen molar-refractivity contribution in [2.45, 2.75) is 57.5 Å². The van der Waals surface area contributed by atoms with Crippen molar-refractivity contribution >= 4 is 5.91 Å². The third kappa shape index (κ3) is 4.19. The monoisotopic (exact) mass is 281 g/mol. The minimum absolute atomic E-state index is 0.352. The molecule has 4 heteroatoms. The van der Waals surface area contributed by atoms with Crippen molar-refractivity contribution in [3.8, 4) is 0 Å². The third-order valence-corrected chi connectivity index (χ3v) is 5.35. The molecule has 4 nitrogen and oxygen atoms in total. The van der Waals surface area contributed by atoms with Crippen LogP contribution in [0, 0.1) is 5.92 Å². The molecular weight excluding hydrogens is 250 g/mol. The number of likely N-dealkylation sites (tertiary alicyclic amines) is 1. The van der Waals surface area contributed by atoms with E-state index in [1.807, 2.05) is 11.9 Å². The Hall–Kier alpha value is -0.610. The van der Waals surface area contributed by atoms with Crippen LogP contribution in [0.4, 0.5) is 0 Å². The Morgan fingerprint density at radius 1 is 1.30 bits per heavy atom. The summed E-state index contributed by atoms with van der Waals surface area (Å²) >= 11 is 0. The molecule has 0 aromatic carbocycles. The number of nitrogens with zero attached hydrogens (tertiary/aromatic N) is 2. The molecule has 2 saturated heterocycles. The molecule has 0 saturated carbocycles. The van der Waals surface area contributed by atoms with E-state index < -0.39 is 0 Å². The molecule has 2 fully saturated rings. The Morgan fingerprint density at radius 3 is 2.65 bits per heavy atom. The molecule has 0 spiro atoms. The molecular formula is C16H31N3O. The minimum Gasteiger partial charge on any atom is -0.343 e. The van der Waals surface area contributed by atoms with Crippen molar-refractivity contribution < 1.29 is 4.79 Å². The molecule has 0 aromatic heterocycles. The Balaban J connectivity index is 1.73. The van der Waals surface area contributed by atoms with Crippen LogP contribution in [0.2, 0.25) is 0 Å². The molecule has 20 heavy (non-hydrogen) atoms. The van der Waals surface area contributed by atoms with E-state index in [1.165, 1.54) is 12.8 Å². The van der Waals surface area contributed by atoms with Crippen LogP contribution in [-0.2, 0) is 4.79 Å². The van der Waals surface area contributed by atoms with Crippen LogP contribution in [0.3, 0.4) is 0 Å². The number of carbonyl (C=O) groups excluding carboxylic acids is 1. The largest absolute Gasteiger partial charge is 0.343 e. The SMILES string of the molecule is C[C@@H]1C[C@H](N(C)C(=O)CCC2CCNCC2)CCN1C. The molecule has 2 heterocycles. The third-order valence-electron chi connectivity index (χ3n) is 5.35. The highest BCUT2D eigenvalue weighted by Crippen LogP contribution is 2.22. The van der Waals surface area contributed by atoms with Crippen molar-refractivity contribution in [3.63, 3.8) is 0 Å². The maximum absolute atomic E-state index is 12.4. The van der Waals surface area contributed by atoms with Crippen molar-refractivity contribution in [3.05, 3.63) is 0 Å². The summed E-state index contributed by atoms with van der Waals surface area (Å²) in [5.74, 6) is 1.11. The van der Waals surface area contributed by atoms with Crippen molar-refractivity contribution in [1.82, 2.24) is 15.1 Å². The first-order chi connectivity index (χ1) is 9.58. The van der Waals surface area contributed by atoms with Gasteiger partial charge in [0.15, 0.2) is 0 Å². The van der Waals surface area contributed by atoms with Crippen molar-refractivity contribution in [1.29, 1.82) is 0 Å². The molecule has 0 bridgehead atoms. The van der Waals surface area contributed by atoms with Gasteiger partial charge in [0.05, 0.1) is 0 Å². The minimum atomic E-state index is 0.352. The number of piperidine rings is 2. The van der Waals surface area contributed by atoms with Crippen LogP contribution in [0.5, 0.6) is 0 Å². The maximum atomic E-state index is 12.4. The average Bonchev–Trinajstić information content (AvgIpc) is 2.48. The second kappa shape index (κ2) is 7.41. The Kier molecular flexibility index (Phi) is 5.85. The smallest absolute Gasteiger partial charge is 0.222 e. The molecule has 0 radical (unpaired) electrons. The lowest BCUT2D eigenvalue weighted by Crippen LogP contribution is -2.48. The zero-order valence-electron chi connectivity index (χ0n) is 13.4. The Bertz CT molecular complexity index is 315. The second-order valence-corrected chi connectivity index (χ2v) is 6.74. The van der Waals surface area contributed by atoms with Crippen LogP contribution >= 0.6 is 0 Å². The summed E-state index contributed by atoms with van der Waals surface area (Å²) in [7, 11) is 4.19. The number of amides is 1. The fourth-order valence-corrected chi connectivity index (χ4v) is 3.49. The molecule has 116 valence electrons. The first-order valence-electron chi connectivity index (χ1n) is 8.24. The summed E-state index contributed by atoms with van der Waals surface area (Å²) in [6, 6.07) is 1.04. The van der Waals surface area contributed by atoms with E-state index in [9.17, 15) is 4.79 Å². The molecule has 0 aromatic rings. The van der Waals surface area contributed by atoms with E-state index in [2.05, 4.69) is 24.2 Å². The zero-order chi connectivity index (χ0) is 14.5. The maximum Gasteiger partial charge on any atom is 0.222 e. The molecule has 2 aliphatic heterocycles. The summed E-state index contributed by atoms with van der Waals surface area (Å²) < 4.78 is 0. The predicted octanol–water partition coefficient (Wildman–Crippen LogP) is 1.71. The lowest BCUT2D eigenvalue weighted by atomic mass is 9.92. The predicted molar refractivity (Wildman–Crippen MR) is 82.7 cm³/mol. The molecule has 2 atom stereocenters. The summed E-state index contributed by atoms with van der Waals surface area (Å²) in [5.41, 5.74) is 0. The zero-order valence-corrected chi connectivity index (χ0v) is 13.4. The normalized spacial score (nSPS) is 29.4. The van der Waals surface area contributed by atoms with Gasteiger partial charge in [-0.25, -0.2) is 0 Å². The van der Waals surface area contributed by atoms with Crippen LogP contribution < -0.4 is 5.32 Å². The molecule has 1 amide bonds. The quantitative estimate of drug-likeness (QED) is 0.852. The number of nitrogens with one attached hydrogen (secondary N) is 1. The van der Waals surface area contributed by atoms with Crippen LogP contribution in [0.25, 0.3) is 0 Å². The molecule has 2 rings (SSSR count). The Morgan fingerprint density at radius 2 is 2.00 bits per heavy atom. The standard InChI is InChI=1S/C16H31N3O/c1-13-12-15(8-11-18(13)2)19(3)16(20)5-4-14-6-9-17-10-7-14/h13-15,17H,4-12H2,1-3H3/t13-,15-/m1/s1. The van der Waals surface area contributed by atoms with E-state index in [0.29, 0.717) is 18.0 Å². The Labute approximate surface area is 123 Å². The van der Waals surface area contributed by atoms with Crippen molar-refractivity contribution in [2.75, 3.05) is 33.7 Å². The topological polar surface area (TPSA) is 35.6 Å². The van der Waals surface area contributed by atoms with E-state index in [1.54, 1.807) is 0 Å².